The summed E-state index contributed by atoms with van der Waals surface area (Å²) in [6.07, 6.45) is 4.34. The summed E-state index contributed by atoms with van der Waals surface area (Å²) in [5.41, 5.74) is 1.97. The molecule has 1 aromatic carbocycles. The van der Waals surface area contributed by atoms with E-state index >= 15 is 0 Å². The third-order valence-electron chi connectivity index (χ3n) is 4.98. The Kier molecular flexibility index (Phi) is 4.55. The number of fused-ring (bicyclic) bond motifs is 1. The Labute approximate surface area is 131 Å². The molecule has 0 saturated carbocycles. The molecule has 2 aliphatic rings. The van der Waals surface area contributed by atoms with Crippen LogP contribution in [-0.2, 0) is 0 Å². The van der Waals surface area contributed by atoms with Crippen LogP contribution in [0.3, 0.4) is 0 Å². The topological polar surface area (TPSA) is 32.3 Å². The van der Waals surface area contributed by atoms with Crippen LogP contribution in [0.4, 0.5) is 0 Å². The Morgan fingerprint density at radius 2 is 1.90 bits per heavy atom. The van der Waals surface area contributed by atoms with E-state index in [9.17, 15) is 4.79 Å². The van der Waals surface area contributed by atoms with Gasteiger partial charge in [0.2, 0.25) is 0 Å². The molecule has 0 unspecified atom stereocenters. The molecule has 2 atom stereocenters. The number of hydrogen-bond acceptors (Lipinski definition) is 3. The Hall–Kier alpha value is -1.00. The molecule has 3 rings (SSSR count). The molecule has 2 heterocycles. The molecular weight excluding hydrogens is 280 g/mol. The second kappa shape index (κ2) is 6.41. The first kappa shape index (κ1) is 14.9. The first-order chi connectivity index (χ1) is 10.2. The molecule has 2 fully saturated rings. The van der Waals surface area contributed by atoms with Crippen molar-refractivity contribution in [2.24, 2.45) is 11.8 Å². The molecule has 2 aliphatic heterocycles. The Bertz CT molecular complexity index is 518. The van der Waals surface area contributed by atoms with E-state index in [0.29, 0.717) is 0 Å². The molecule has 114 valence electrons. The Morgan fingerprint density at radius 1 is 1.24 bits per heavy atom. The van der Waals surface area contributed by atoms with Crippen LogP contribution in [-0.4, -0.2) is 43.2 Å². The molecule has 1 aromatic rings. The lowest BCUT2D eigenvalue weighted by atomic mass is 9.92. The Morgan fingerprint density at radius 3 is 2.52 bits per heavy atom. The van der Waals surface area contributed by atoms with Gasteiger partial charge in [-0.3, -0.25) is 4.79 Å². The smallest absolute Gasteiger partial charge is 0.254 e. The fraction of sp³-hybridized carbons (Fsp3) is 0.588. The van der Waals surface area contributed by atoms with E-state index in [2.05, 4.69) is 34.7 Å². The first-order valence-electron chi connectivity index (χ1n) is 7.83. The zero-order chi connectivity index (χ0) is 14.8. The van der Waals surface area contributed by atoms with Crippen LogP contribution in [0, 0.1) is 18.8 Å². The van der Waals surface area contributed by atoms with Crippen molar-refractivity contribution < 1.29 is 4.79 Å². The number of likely N-dealkylation sites (tertiary alicyclic amines) is 1. The van der Waals surface area contributed by atoms with Gasteiger partial charge in [-0.25, -0.2) is 0 Å². The largest absolute Gasteiger partial charge is 0.339 e. The average molecular weight is 304 g/mol. The van der Waals surface area contributed by atoms with Gasteiger partial charge in [0.1, 0.15) is 0 Å². The van der Waals surface area contributed by atoms with Gasteiger partial charge in [0.05, 0.1) is 0 Å². The van der Waals surface area contributed by atoms with Crippen LogP contribution in [0.5, 0.6) is 0 Å². The number of nitrogens with one attached hydrogen (secondary N) is 1. The van der Waals surface area contributed by atoms with E-state index < -0.39 is 0 Å². The summed E-state index contributed by atoms with van der Waals surface area (Å²) in [4.78, 5) is 16.1. The number of carbonyl (C=O) groups is 1. The molecule has 0 aliphatic carbocycles. The van der Waals surface area contributed by atoms with Crippen LogP contribution in [0.25, 0.3) is 0 Å². The average Bonchev–Trinajstić information content (AvgIpc) is 2.86. The minimum absolute atomic E-state index is 0.219. The van der Waals surface area contributed by atoms with E-state index in [4.69, 9.17) is 0 Å². The number of amides is 1. The van der Waals surface area contributed by atoms with Crippen molar-refractivity contribution in [2.75, 3.05) is 32.4 Å². The summed E-state index contributed by atoms with van der Waals surface area (Å²) in [7, 11) is 0. The maximum absolute atomic E-state index is 12.9. The molecule has 21 heavy (non-hydrogen) atoms. The molecule has 1 N–H and O–H groups in total. The lowest BCUT2D eigenvalue weighted by Crippen LogP contribution is -2.33. The molecule has 3 nitrogen and oxygen atoms in total. The molecule has 0 radical (unpaired) electrons. The Balaban J connectivity index is 1.76. The van der Waals surface area contributed by atoms with Crippen molar-refractivity contribution in [2.45, 2.75) is 24.7 Å². The van der Waals surface area contributed by atoms with Crippen molar-refractivity contribution >= 4 is 17.7 Å². The van der Waals surface area contributed by atoms with E-state index in [0.717, 1.165) is 62.0 Å². The van der Waals surface area contributed by atoms with Crippen LogP contribution in [0.1, 0.15) is 28.8 Å². The van der Waals surface area contributed by atoms with Crippen molar-refractivity contribution in [3.05, 3.63) is 29.3 Å². The van der Waals surface area contributed by atoms with Crippen molar-refractivity contribution in [1.82, 2.24) is 10.2 Å². The van der Waals surface area contributed by atoms with Gasteiger partial charge in [-0.15, -0.1) is 11.8 Å². The van der Waals surface area contributed by atoms with E-state index in [1.54, 1.807) is 11.8 Å². The molecule has 0 aromatic heterocycles. The second-order valence-corrected chi connectivity index (χ2v) is 7.11. The summed E-state index contributed by atoms with van der Waals surface area (Å²) >= 11 is 1.69. The fourth-order valence-electron chi connectivity index (χ4n) is 3.55. The second-order valence-electron chi connectivity index (χ2n) is 6.23. The minimum atomic E-state index is 0.219. The highest BCUT2D eigenvalue weighted by Crippen LogP contribution is 2.28. The highest BCUT2D eigenvalue weighted by molar-refractivity contribution is 7.98. The maximum atomic E-state index is 12.9. The summed E-state index contributed by atoms with van der Waals surface area (Å²) in [6, 6.07) is 6.21. The fourth-order valence-corrected chi connectivity index (χ4v) is 3.99. The van der Waals surface area contributed by atoms with Crippen LogP contribution in [0.15, 0.2) is 23.1 Å². The summed E-state index contributed by atoms with van der Waals surface area (Å²) < 4.78 is 0. The summed E-state index contributed by atoms with van der Waals surface area (Å²) in [5, 5.41) is 3.49. The number of hydrogen-bond donors (Lipinski definition) is 1. The van der Waals surface area contributed by atoms with Crippen LogP contribution >= 0.6 is 11.8 Å². The quantitative estimate of drug-likeness (QED) is 0.853. The number of benzene rings is 1. The van der Waals surface area contributed by atoms with Gasteiger partial charge >= 0.3 is 0 Å². The minimum Gasteiger partial charge on any atom is -0.339 e. The van der Waals surface area contributed by atoms with Crippen LogP contribution < -0.4 is 5.32 Å². The SMILES string of the molecule is CSc1ccc(C)c(C(=O)N2CC[C@@H]3CNC[C@@H]3CC2)c1. The van der Waals surface area contributed by atoms with Gasteiger partial charge < -0.3 is 10.2 Å². The number of aryl methyl sites for hydroxylation is 1. The predicted octanol–water partition coefficient (Wildman–Crippen LogP) is 2.79. The third-order valence-corrected chi connectivity index (χ3v) is 5.71. The first-order valence-corrected chi connectivity index (χ1v) is 9.06. The van der Waals surface area contributed by atoms with Gasteiger partial charge in [0, 0.05) is 23.5 Å². The highest BCUT2D eigenvalue weighted by Gasteiger charge is 2.31. The van der Waals surface area contributed by atoms with E-state index in [1.165, 1.54) is 4.90 Å². The van der Waals surface area contributed by atoms with Crippen molar-refractivity contribution in [3.8, 4) is 0 Å². The predicted molar refractivity (Wildman–Crippen MR) is 87.9 cm³/mol. The lowest BCUT2D eigenvalue weighted by Gasteiger charge is -2.22. The van der Waals surface area contributed by atoms with Gasteiger partial charge in [-0.1, -0.05) is 6.07 Å². The van der Waals surface area contributed by atoms with Gasteiger partial charge in [-0.05, 0) is 68.6 Å². The normalized spacial score (nSPS) is 25.5. The molecular formula is C17H24N2OS. The zero-order valence-corrected chi connectivity index (χ0v) is 13.7. The molecule has 0 bridgehead atoms. The highest BCUT2D eigenvalue weighted by atomic mass is 32.2. The molecule has 2 saturated heterocycles. The van der Waals surface area contributed by atoms with Crippen molar-refractivity contribution in [1.29, 1.82) is 0 Å². The number of thioether (sulfide) groups is 1. The maximum Gasteiger partial charge on any atom is 0.254 e. The number of carbonyl (C=O) groups excluding carboxylic acids is 1. The van der Waals surface area contributed by atoms with Gasteiger partial charge in [0.25, 0.3) is 5.91 Å². The number of nitrogens with zero attached hydrogens (tertiary/aromatic N) is 1. The monoisotopic (exact) mass is 304 g/mol. The zero-order valence-electron chi connectivity index (χ0n) is 12.9. The van der Waals surface area contributed by atoms with Crippen molar-refractivity contribution in [3.63, 3.8) is 0 Å². The van der Waals surface area contributed by atoms with Crippen LogP contribution in [0.2, 0.25) is 0 Å². The molecule has 4 heteroatoms. The lowest BCUT2D eigenvalue weighted by molar-refractivity contribution is 0.0757. The summed E-state index contributed by atoms with van der Waals surface area (Å²) in [6.45, 7) is 6.12. The van der Waals surface area contributed by atoms with Gasteiger partial charge in [-0.2, -0.15) is 0 Å². The standard InChI is InChI=1S/C17H24N2OS/c1-12-3-4-15(21-2)9-16(12)17(20)19-7-5-13-10-18-11-14(13)6-8-19/h3-4,9,13-14,18H,5-8,10-11H2,1-2H3/t13-,14+. The van der Waals surface area contributed by atoms with E-state index in [-0.39, 0.29) is 5.91 Å². The summed E-state index contributed by atoms with van der Waals surface area (Å²) in [5.74, 6) is 1.75. The number of rotatable bonds is 2. The molecule has 0 spiro atoms. The third kappa shape index (κ3) is 3.11. The van der Waals surface area contributed by atoms with Gasteiger partial charge in [0.15, 0.2) is 0 Å². The van der Waals surface area contributed by atoms with E-state index in [1.807, 2.05) is 6.92 Å². The molecule has 1 amide bonds.